The number of benzene rings is 2. The van der Waals surface area contributed by atoms with Crippen LogP contribution in [-0.2, 0) is 6.54 Å². The number of rotatable bonds is 5. The topological polar surface area (TPSA) is 39.1 Å². The molecule has 0 saturated heterocycles. The summed E-state index contributed by atoms with van der Waals surface area (Å²) in [5, 5.41) is 3.70. The third-order valence-electron chi connectivity index (χ3n) is 4.53. The van der Waals surface area contributed by atoms with E-state index in [1.807, 2.05) is 43.6 Å². The molecule has 2 aromatic carbocycles. The molecular formula is C20H21N3O. The molecule has 0 spiro atoms. The van der Waals surface area contributed by atoms with Gasteiger partial charge in [0, 0.05) is 30.1 Å². The highest BCUT2D eigenvalue weighted by molar-refractivity contribution is 5.52. The second-order valence-electron chi connectivity index (χ2n) is 6.09. The molecule has 1 N–H and O–H groups in total. The summed E-state index contributed by atoms with van der Waals surface area (Å²) in [6.07, 6.45) is 4.95. The number of fused-ring (bicyclic) bond motifs is 2. The minimum absolute atomic E-state index is 0.176. The Hall–Kier alpha value is -2.59. The molecule has 122 valence electrons. The predicted octanol–water partition coefficient (Wildman–Crippen LogP) is 4.07. The lowest BCUT2D eigenvalue weighted by Crippen LogP contribution is -2.27. The number of nitrogens with zero attached hydrogens (tertiary/aromatic N) is 2. The van der Waals surface area contributed by atoms with Crippen molar-refractivity contribution in [2.75, 3.05) is 6.54 Å². The van der Waals surface area contributed by atoms with Gasteiger partial charge in [-0.05, 0) is 32.0 Å². The van der Waals surface area contributed by atoms with E-state index in [9.17, 15) is 0 Å². The average Bonchev–Trinajstić information content (AvgIpc) is 3.02. The smallest absolute Gasteiger partial charge is 0.132 e. The van der Waals surface area contributed by atoms with Gasteiger partial charge in [-0.3, -0.25) is 0 Å². The van der Waals surface area contributed by atoms with Crippen molar-refractivity contribution >= 4 is 0 Å². The predicted molar refractivity (Wildman–Crippen MR) is 94.4 cm³/mol. The molecule has 24 heavy (non-hydrogen) atoms. The van der Waals surface area contributed by atoms with Gasteiger partial charge in [0.15, 0.2) is 0 Å². The Morgan fingerprint density at radius 2 is 1.71 bits per heavy atom. The molecule has 0 radical (unpaired) electrons. The fraction of sp³-hybridized carbons (Fsp3) is 0.250. The van der Waals surface area contributed by atoms with Crippen molar-refractivity contribution in [3.8, 4) is 11.5 Å². The number of nitrogens with one attached hydrogen (secondary N) is 1. The van der Waals surface area contributed by atoms with Crippen LogP contribution in [0.2, 0.25) is 0 Å². The maximum Gasteiger partial charge on any atom is 0.132 e. The monoisotopic (exact) mass is 319 g/mol. The van der Waals surface area contributed by atoms with Gasteiger partial charge in [0.1, 0.15) is 17.3 Å². The van der Waals surface area contributed by atoms with E-state index >= 15 is 0 Å². The van der Waals surface area contributed by atoms with Crippen LogP contribution in [0.15, 0.2) is 60.9 Å². The van der Waals surface area contributed by atoms with Crippen molar-refractivity contribution in [1.82, 2.24) is 14.9 Å². The Morgan fingerprint density at radius 3 is 2.33 bits per heavy atom. The van der Waals surface area contributed by atoms with Crippen molar-refractivity contribution < 1.29 is 4.74 Å². The normalized spacial score (nSPS) is 13.2. The third kappa shape index (κ3) is 2.81. The lowest BCUT2D eigenvalue weighted by atomic mass is 9.94. The van der Waals surface area contributed by atoms with Crippen LogP contribution >= 0.6 is 0 Å². The summed E-state index contributed by atoms with van der Waals surface area (Å²) >= 11 is 0. The van der Waals surface area contributed by atoms with Gasteiger partial charge in [0.05, 0.1) is 6.04 Å². The number of aromatic nitrogens is 2. The van der Waals surface area contributed by atoms with Crippen LogP contribution in [0.1, 0.15) is 29.4 Å². The molecule has 1 aliphatic rings. The van der Waals surface area contributed by atoms with E-state index in [-0.39, 0.29) is 6.04 Å². The third-order valence-corrected chi connectivity index (χ3v) is 4.53. The fourth-order valence-corrected chi connectivity index (χ4v) is 3.27. The van der Waals surface area contributed by atoms with E-state index in [1.54, 1.807) is 0 Å². The molecule has 0 bridgehead atoms. The lowest BCUT2D eigenvalue weighted by Gasteiger charge is -2.29. The highest BCUT2D eigenvalue weighted by atomic mass is 16.5. The van der Waals surface area contributed by atoms with Gasteiger partial charge in [0.25, 0.3) is 0 Å². The zero-order valence-corrected chi connectivity index (χ0v) is 13.8. The zero-order valence-electron chi connectivity index (χ0n) is 13.8. The first-order valence-electron chi connectivity index (χ1n) is 8.40. The molecule has 1 aromatic heterocycles. The first kappa shape index (κ1) is 15.0. The molecule has 3 aromatic rings. The quantitative estimate of drug-likeness (QED) is 0.721. The Balaban J connectivity index is 1.49. The first-order valence-corrected chi connectivity index (χ1v) is 8.40. The maximum atomic E-state index is 6.04. The number of imidazole rings is 1. The van der Waals surface area contributed by atoms with Gasteiger partial charge < -0.3 is 14.6 Å². The van der Waals surface area contributed by atoms with E-state index < -0.39 is 0 Å². The molecule has 0 fully saturated rings. The Kier molecular flexibility index (Phi) is 4.05. The van der Waals surface area contributed by atoms with Crippen LogP contribution in [0, 0.1) is 6.92 Å². The Morgan fingerprint density at radius 1 is 1.04 bits per heavy atom. The maximum absolute atomic E-state index is 6.04. The summed E-state index contributed by atoms with van der Waals surface area (Å²) in [5.74, 6) is 2.95. The molecule has 0 atom stereocenters. The van der Waals surface area contributed by atoms with Gasteiger partial charge in [-0.15, -0.1) is 0 Å². The van der Waals surface area contributed by atoms with E-state index in [0.717, 1.165) is 36.8 Å². The van der Waals surface area contributed by atoms with Crippen LogP contribution < -0.4 is 10.1 Å². The number of aryl methyl sites for hydroxylation is 2. The minimum atomic E-state index is 0.176. The van der Waals surface area contributed by atoms with Crippen molar-refractivity contribution in [2.24, 2.45) is 0 Å². The number of para-hydroxylation sites is 2. The summed E-state index contributed by atoms with van der Waals surface area (Å²) in [4.78, 5) is 4.27. The summed E-state index contributed by atoms with van der Waals surface area (Å²) < 4.78 is 8.22. The van der Waals surface area contributed by atoms with Crippen LogP contribution in [0.25, 0.3) is 0 Å². The van der Waals surface area contributed by atoms with Gasteiger partial charge in [-0.25, -0.2) is 4.98 Å². The van der Waals surface area contributed by atoms with Crippen molar-refractivity contribution in [2.45, 2.75) is 25.9 Å². The van der Waals surface area contributed by atoms with Crippen LogP contribution in [-0.4, -0.2) is 16.1 Å². The Labute approximate surface area is 142 Å². The summed E-state index contributed by atoms with van der Waals surface area (Å²) in [5.41, 5.74) is 2.41. The molecular weight excluding hydrogens is 298 g/mol. The van der Waals surface area contributed by atoms with Gasteiger partial charge in [-0.1, -0.05) is 36.4 Å². The van der Waals surface area contributed by atoms with Crippen molar-refractivity contribution in [3.63, 3.8) is 0 Å². The molecule has 0 amide bonds. The second kappa shape index (κ2) is 6.49. The average molecular weight is 319 g/mol. The molecule has 0 saturated carbocycles. The zero-order chi connectivity index (χ0) is 16.4. The van der Waals surface area contributed by atoms with E-state index in [2.05, 4.69) is 39.1 Å². The second-order valence-corrected chi connectivity index (χ2v) is 6.09. The molecule has 2 heterocycles. The minimum Gasteiger partial charge on any atom is -0.457 e. The fourth-order valence-electron chi connectivity index (χ4n) is 3.27. The van der Waals surface area contributed by atoms with Crippen LogP contribution in [0.3, 0.4) is 0 Å². The lowest BCUT2D eigenvalue weighted by molar-refractivity contribution is 0.424. The first-order chi connectivity index (χ1) is 11.8. The molecule has 4 heteroatoms. The number of ether oxygens (including phenoxy) is 1. The largest absolute Gasteiger partial charge is 0.457 e. The summed E-state index contributed by atoms with van der Waals surface area (Å²) in [6, 6.07) is 16.7. The summed E-state index contributed by atoms with van der Waals surface area (Å²) in [7, 11) is 0. The van der Waals surface area contributed by atoms with E-state index in [4.69, 9.17) is 4.74 Å². The van der Waals surface area contributed by atoms with Gasteiger partial charge in [0.2, 0.25) is 0 Å². The van der Waals surface area contributed by atoms with E-state index in [1.165, 1.54) is 11.1 Å². The van der Waals surface area contributed by atoms with Crippen LogP contribution in [0.5, 0.6) is 11.5 Å². The highest BCUT2D eigenvalue weighted by Crippen LogP contribution is 2.42. The molecule has 0 unspecified atom stereocenters. The number of hydrogen-bond donors (Lipinski definition) is 1. The molecule has 4 rings (SSSR count). The van der Waals surface area contributed by atoms with Crippen molar-refractivity contribution in [1.29, 1.82) is 0 Å². The van der Waals surface area contributed by atoms with Crippen molar-refractivity contribution in [3.05, 3.63) is 77.9 Å². The molecule has 4 nitrogen and oxygen atoms in total. The van der Waals surface area contributed by atoms with Crippen LogP contribution in [0.4, 0.5) is 0 Å². The van der Waals surface area contributed by atoms with Gasteiger partial charge >= 0.3 is 0 Å². The Bertz CT molecular complexity index is 795. The molecule has 1 aliphatic heterocycles. The number of hydrogen-bond acceptors (Lipinski definition) is 3. The SMILES string of the molecule is Cc1nccn1CCCNC1c2ccccc2Oc2ccccc21. The highest BCUT2D eigenvalue weighted by Gasteiger charge is 2.25. The summed E-state index contributed by atoms with van der Waals surface area (Å²) in [6.45, 7) is 3.95. The van der Waals surface area contributed by atoms with Gasteiger partial charge in [-0.2, -0.15) is 0 Å². The standard InChI is InChI=1S/C20H21N3O/c1-15-21-12-14-23(15)13-6-11-22-20-16-7-2-4-9-18(16)24-19-10-5-3-8-17(19)20/h2-5,7-10,12,14,20,22H,6,11,13H2,1H3. The molecule has 0 aliphatic carbocycles. The van der Waals surface area contributed by atoms with E-state index in [0.29, 0.717) is 0 Å².